The van der Waals surface area contributed by atoms with Crippen LogP contribution in [-0.2, 0) is 28.6 Å². The van der Waals surface area contributed by atoms with Gasteiger partial charge in [0.1, 0.15) is 13.2 Å². The molecule has 0 aliphatic rings. The second-order valence-electron chi connectivity index (χ2n) is 24.5. The monoisotopic (exact) mass is 1150 g/mol. The first kappa shape index (κ1) is 79.1. The molecule has 0 N–H and O–H groups in total. The highest BCUT2D eigenvalue weighted by molar-refractivity contribution is 5.71. The molecule has 0 bridgehead atoms. The summed E-state index contributed by atoms with van der Waals surface area (Å²) in [6, 6.07) is 0. The van der Waals surface area contributed by atoms with E-state index in [1.165, 1.54) is 257 Å². The average Bonchev–Trinajstić information content (AvgIpc) is 3.47. The molecular weight excluding hydrogens is 1010 g/mol. The molecule has 0 aromatic heterocycles. The van der Waals surface area contributed by atoms with Crippen molar-refractivity contribution in [3.8, 4) is 0 Å². The molecule has 0 saturated carbocycles. The zero-order chi connectivity index (χ0) is 59.2. The minimum atomic E-state index is -0.776. The van der Waals surface area contributed by atoms with Gasteiger partial charge in [-0.1, -0.05) is 345 Å². The number of esters is 3. The molecule has 0 radical (unpaired) electrons. The van der Waals surface area contributed by atoms with Gasteiger partial charge in [0.2, 0.25) is 0 Å². The maximum absolute atomic E-state index is 13.0. The van der Waals surface area contributed by atoms with E-state index in [1.54, 1.807) is 0 Å². The zero-order valence-electron chi connectivity index (χ0n) is 55.0. The van der Waals surface area contributed by atoms with E-state index in [-0.39, 0.29) is 31.1 Å². The van der Waals surface area contributed by atoms with Crippen molar-refractivity contribution >= 4 is 17.9 Å². The van der Waals surface area contributed by atoms with Gasteiger partial charge >= 0.3 is 17.9 Å². The van der Waals surface area contributed by atoms with Gasteiger partial charge in [-0.15, -0.1) is 0 Å². The van der Waals surface area contributed by atoms with Gasteiger partial charge < -0.3 is 14.2 Å². The molecule has 0 spiro atoms. The molecule has 0 fully saturated rings. The van der Waals surface area contributed by atoms with Gasteiger partial charge in [0, 0.05) is 19.3 Å². The Kier molecular flexibility index (Phi) is 68.1. The van der Waals surface area contributed by atoms with Crippen molar-refractivity contribution in [2.45, 2.75) is 393 Å². The molecule has 82 heavy (non-hydrogen) atoms. The summed E-state index contributed by atoms with van der Waals surface area (Å²) in [7, 11) is 0. The standard InChI is InChI=1S/C76H138O6/c1-4-7-10-13-16-19-22-25-27-29-31-33-35-37-38-39-41-42-44-46-48-51-54-57-60-63-66-69-75(78)81-72-73(71-80-74(77)68-65-62-59-56-53-50-24-21-18-15-12-9-6-3)82-76(79)70-67-64-61-58-55-52-49-47-45-43-40-36-34-32-30-28-26-23-20-17-14-11-8-5-2/h7,10,16,19,21,24-25,27,31,33,73H,4-6,8-9,11-15,17-18,20,22-23,26,28-30,32,34-72H2,1-3H3/b10-7-,19-16-,24-21-,27-25-,33-31-. The molecule has 0 aromatic rings. The molecule has 0 aromatic carbocycles. The Labute approximate surface area is 510 Å². The van der Waals surface area contributed by atoms with Crippen molar-refractivity contribution in [1.29, 1.82) is 0 Å². The smallest absolute Gasteiger partial charge is 0.306 e. The first-order chi connectivity index (χ1) is 40.5. The Morgan fingerprint density at radius 2 is 0.476 bits per heavy atom. The molecule has 1 atom stereocenters. The highest BCUT2D eigenvalue weighted by Crippen LogP contribution is 2.19. The van der Waals surface area contributed by atoms with Crippen molar-refractivity contribution < 1.29 is 28.6 Å². The molecular formula is C76H138O6. The van der Waals surface area contributed by atoms with E-state index in [4.69, 9.17) is 14.2 Å². The average molecular weight is 1150 g/mol. The molecule has 0 saturated heterocycles. The number of hydrogen-bond acceptors (Lipinski definition) is 6. The summed E-state index contributed by atoms with van der Waals surface area (Å²) in [6.45, 7) is 6.57. The molecule has 6 nitrogen and oxygen atoms in total. The Morgan fingerprint density at radius 1 is 0.256 bits per heavy atom. The predicted molar refractivity (Wildman–Crippen MR) is 358 cm³/mol. The number of unbranched alkanes of at least 4 members (excludes halogenated alkanes) is 46. The van der Waals surface area contributed by atoms with Crippen LogP contribution in [-0.4, -0.2) is 37.2 Å². The molecule has 0 aliphatic heterocycles. The molecule has 0 heterocycles. The summed E-state index contributed by atoms with van der Waals surface area (Å²) in [5, 5.41) is 0. The fourth-order valence-electron chi connectivity index (χ4n) is 10.8. The Hall–Kier alpha value is -2.89. The van der Waals surface area contributed by atoms with Crippen LogP contribution < -0.4 is 0 Å². The maximum Gasteiger partial charge on any atom is 0.306 e. The van der Waals surface area contributed by atoms with Crippen LogP contribution in [0.2, 0.25) is 0 Å². The number of hydrogen-bond donors (Lipinski definition) is 0. The number of allylic oxidation sites excluding steroid dienone is 10. The topological polar surface area (TPSA) is 78.9 Å². The van der Waals surface area contributed by atoms with Gasteiger partial charge in [0.15, 0.2) is 6.10 Å². The molecule has 1 unspecified atom stereocenters. The summed E-state index contributed by atoms with van der Waals surface area (Å²) in [6.07, 6.45) is 91.2. The second kappa shape index (κ2) is 70.6. The van der Waals surface area contributed by atoms with Gasteiger partial charge in [-0.3, -0.25) is 14.4 Å². The fraction of sp³-hybridized carbons (Fsp3) is 0.829. The van der Waals surface area contributed by atoms with Gasteiger partial charge in [-0.25, -0.2) is 0 Å². The molecule has 0 aliphatic carbocycles. The number of carbonyl (C=O) groups is 3. The molecule has 0 amide bonds. The van der Waals surface area contributed by atoms with Crippen LogP contribution in [0, 0.1) is 0 Å². The van der Waals surface area contributed by atoms with Gasteiger partial charge in [0.25, 0.3) is 0 Å². The Balaban J connectivity index is 4.22. The van der Waals surface area contributed by atoms with E-state index in [2.05, 4.69) is 81.5 Å². The number of rotatable bonds is 67. The minimum Gasteiger partial charge on any atom is -0.462 e. The number of carbonyl (C=O) groups excluding carboxylic acids is 3. The van der Waals surface area contributed by atoms with E-state index < -0.39 is 6.10 Å². The quantitative estimate of drug-likeness (QED) is 0.0261. The zero-order valence-corrected chi connectivity index (χ0v) is 55.0. The molecule has 478 valence electrons. The molecule has 0 rings (SSSR count). The third-order valence-corrected chi connectivity index (χ3v) is 16.3. The van der Waals surface area contributed by atoms with Crippen LogP contribution in [0.4, 0.5) is 0 Å². The summed E-state index contributed by atoms with van der Waals surface area (Å²) < 4.78 is 17.0. The van der Waals surface area contributed by atoms with Crippen LogP contribution >= 0.6 is 0 Å². The Bertz CT molecular complexity index is 1460. The van der Waals surface area contributed by atoms with Gasteiger partial charge in [0.05, 0.1) is 0 Å². The third-order valence-electron chi connectivity index (χ3n) is 16.3. The lowest BCUT2D eigenvalue weighted by Crippen LogP contribution is -2.30. The predicted octanol–water partition coefficient (Wildman–Crippen LogP) is 25.1. The highest BCUT2D eigenvalue weighted by Gasteiger charge is 2.19. The van der Waals surface area contributed by atoms with E-state index >= 15 is 0 Å². The third kappa shape index (κ3) is 67.9. The maximum atomic E-state index is 13.0. The Morgan fingerprint density at radius 3 is 0.768 bits per heavy atom. The summed E-state index contributed by atoms with van der Waals surface area (Å²) >= 11 is 0. The van der Waals surface area contributed by atoms with E-state index in [0.717, 1.165) is 89.9 Å². The van der Waals surface area contributed by atoms with E-state index in [0.29, 0.717) is 19.3 Å². The van der Waals surface area contributed by atoms with Gasteiger partial charge in [-0.2, -0.15) is 0 Å². The summed E-state index contributed by atoms with van der Waals surface area (Å²) in [5.41, 5.74) is 0. The lowest BCUT2D eigenvalue weighted by Gasteiger charge is -2.18. The van der Waals surface area contributed by atoms with E-state index in [9.17, 15) is 14.4 Å². The van der Waals surface area contributed by atoms with Crippen molar-refractivity contribution in [2.75, 3.05) is 13.2 Å². The van der Waals surface area contributed by atoms with Crippen molar-refractivity contribution in [1.82, 2.24) is 0 Å². The van der Waals surface area contributed by atoms with Crippen LogP contribution in [0.5, 0.6) is 0 Å². The lowest BCUT2D eigenvalue weighted by molar-refractivity contribution is -0.167. The van der Waals surface area contributed by atoms with E-state index in [1.807, 2.05) is 0 Å². The normalized spacial score (nSPS) is 12.4. The number of ether oxygens (including phenoxy) is 3. The van der Waals surface area contributed by atoms with Crippen molar-refractivity contribution in [2.24, 2.45) is 0 Å². The molecule has 6 heteroatoms. The second-order valence-corrected chi connectivity index (χ2v) is 24.5. The first-order valence-electron chi connectivity index (χ1n) is 36.3. The van der Waals surface area contributed by atoms with Crippen molar-refractivity contribution in [3.63, 3.8) is 0 Å². The lowest BCUT2D eigenvalue weighted by atomic mass is 10.0. The first-order valence-corrected chi connectivity index (χ1v) is 36.3. The van der Waals surface area contributed by atoms with Crippen molar-refractivity contribution in [3.05, 3.63) is 60.8 Å². The largest absolute Gasteiger partial charge is 0.462 e. The van der Waals surface area contributed by atoms with Crippen LogP contribution in [0.25, 0.3) is 0 Å². The fourth-order valence-corrected chi connectivity index (χ4v) is 10.8. The SMILES string of the molecule is CC/C=C\C/C=C\C/C=C\C/C=C\CCCCCCCCCCCCCCCCC(=O)OCC(COC(=O)CCCCCCC/C=C\CCCCCC)OC(=O)CCCCCCCCCCCCCCCCCCCCCCCCCC. The summed E-state index contributed by atoms with van der Waals surface area (Å²) in [4.78, 5) is 38.5. The minimum absolute atomic E-state index is 0.0723. The highest BCUT2D eigenvalue weighted by atomic mass is 16.6. The van der Waals surface area contributed by atoms with Crippen LogP contribution in [0.15, 0.2) is 60.8 Å². The van der Waals surface area contributed by atoms with Crippen LogP contribution in [0.3, 0.4) is 0 Å². The van der Waals surface area contributed by atoms with Gasteiger partial charge in [-0.05, 0) is 83.5 Å². The van der Waals surface area contributed by atoms with Crippen LogP contribution in [0.1, 0.15) is 387 Å². The summed E-state index contributed by atoms with van der Waals surface area (Å²) in [5.74, 6) is -0.855.